The summed E-state index contributed by atoms with van der Waals surface area (Å²) in [6, 6.07) is 17.7. The van der Waals surface area contributed by atoms with Crippen LogP contribution in [0.3, 0.4) is 0 Å². The van der Waals surface area contributed by atoms with Crippen LogP contribution in [0, 0.1) is 6.92 Å². The molecule has 2 aromatic carbocycles. The predicted octanol–water partition coefficient (Wildman–Crippen LogP) is 3.73. The van der Waals surface area contributed by atoms with Gasteiger partial charge in [-0.05, 0) is 43.2 Å². The first-order valence-electron chi connectivity index (χ1n) is 8.05. The molecule has 0 radical (unpaired) electrons. The van der Waals surface area contributed by atoms with Crippen LogP contribution in [0.4, 0.5) is 0 Å². The highest BCUT2D eigenvalue weighted by Gasteiger charge is 2.11. The number of aryl methyl sites for hydroxylation is 1. The smallest absolute Gasteiger partial charge is 0.251 e. The van der Waals surface area contributed by atoms with Crippen LogP contribution in [-0.4, -0.2) is 15.7 Å². The summed E-state index contributed by atoms with van der Waals surface area (Å²) in [5, 5.41) is 7.23. The predicted molar refractivity (Wildman–Crippen MR) is 94.8 cm³/mol. The van der Waals surface area contributed by atoms with Gasteiger partial charge in [-0.2, -0.15) is 5.10 Å². The molecule has 1 amide bonds. The van der Waals surface area contributed by atoms with E-state index in [9.17, 15) is 4.79 Å². The molecule has 0 aliphatic rings. The first kappa shape index (κ1) is 16.0. The van der Waals surface area contributed by atoms with E-state index >= 15 is 0 Å². The number of aromatic nitrogens is 2. The summed E-state index contributed by atoms with van der Waals surface area (Å²) < 4.78 is 1.86. The van der Waals surface area contributed by atoms with E-state index in [2.05, 4.69) is 29.5 Å². The normalized spacial score (nSPS) is 11.9. The molecule has 1 atom stereocenters. The van der Waals surface area contributed by atoms with Gasteiger partial charge in [0.25, 0.3) is 5.91 Å². The summed E-state index contributed by atoms with van der Waals surface area (Å²) in [4.78, 5) is 12.4. The van der Waals surface area contributed by atoms with E-state index in [0.717, 1.165) is 11.1 Å². The summed E-state index contributed by atoms with van der Waals surface area (Å²) >= 11 is 0. The van der Waals surface area contributed by atoms with E-state index in [4.69, 9.17) is 0 Å². The van der Waals surface area contributed by atoms with Crippen LogP contribution in [0.25, 0.3) is 0 Å². The Morgan fingerprint density at radius 1 is 1.12 bits per heavy atom. The van der Waals surface area contributed by atoms with Crippen molar-refractivity contribution >= 4 is 5.91 Å². The molecule has 0 saturated heterocycles. The topological polar surface area (TPSA) is 46.9 Å². The Hall–Kier alpha value is -2.88. The molecule has 0 saturated carbocycles. The standard InChI is InChI=1S/C20H21N3O/c1-15-4-8-18(9-5-15)16(2)22-20(24)19-10-6-17(7-11-19)14-23-13-3-12-21-23/h3-13,16H,14H2,1-2H3,(H,22,24). The van der Waals surface area contributed by atoms with Crippen molar-refractivity contribution in [1.29, 1.82) is 0 Å². The van der Waals surface area contributed by atoms with Crippen LogP contribution < -0.4 is 5.32 Å². The van der Waals surface area contributed by atoms with E-state index < -0.39 is 0 Å². The zero-order valence-corrected chi connectivity index (χ0v) is 13.9. The van der Waals surface area contributed by atoms with Gasteiger partial charge in [0, 0.05) is 18.0 Å². The molecule has 4 heteroatoms. The Labute approximate surface area is 142 Å². The fourth-order valence-electron chi connectivity index (χ4n) is 2.56. The second kappa shape index (κ2) is 7.13. The molecule has 0 bridgehead atoms. The molecule has 1 N–H and O–H groups in total. The monoisotopic (exact) mass is 319 g/mol. The fourth-order valence-corrected chi connectivity index (χ4v) is 2.56. The number of benzene rings is 2. The quantitative estimate of drug-likeness (QED) is 0.779. The zero-order valence-electron chi connectivity index (χ0n) is 13.9. The average molecular weight is 319 g/mol. The first-order chi connectivity index (χ1) is 11.6. The SMILES string of the molecule is Cc1ccc(C(C)NC(=O)c2ccc(Cn3cccn3)cc2)cc1. The van der Waals surface area contributed by atoms with Gasteiger partial charge in [0.2, 0.25) is 0 Å². The molecular weight excluding hydrogens is 298 g/mol. The van der Waals surface area contributed by atoms with Crippen molar-refractivity contribution in [3.8, 4) is 0 Å². The fraction of sp³-hybridized carbons (Fsp3) is 0.200. The number of nitrogens with zero attached hydrogens (tertiary/aromatic N) is 2. The van der Waals surface area contributed by atoms with Gasteiger partial charge < -0.3 is 5.32 Å². The third kappa shape index (κ3) is 3.90. The Morgan fingerprint density at radius 3 is 2.46 bits per heavy atom. The van der Waals surface area contributed by atoms with E-state index in [1.54, 1.807) is 6.20 Å². The van der Waals surface area contributed by atoms with Crippen molar-refractivity contribution in [3.05, 3.63) is 89.2 Å². The summed E-state index contributed by atoms with van der Waals surface area (Å²) in [6.07, 6.45) is 3.68. The van der Waals surface area contributed by atoms with Crippen molar-refractivity contribution in [1.82, 2.24) is 15.1 Å². The number of carbonyl (C=O) groups excluding carboxylic acids is 1. The van der Waals surface area contributed by atoms with Crippen LogP contribution >= 0.6 is 0 Å². The minimum Gasteiger partial charge on any atom is -0.346 e. The Morgan fingerprint density at radius 2 is 1.83 bits per heavy atom. The van der Waals surface area contributed by atoms with E-state index in [0.29, 0.717) is 12.1 Å². The second-order valence-electron chi connectivity index (χ2n) is 6.01. The second-order valence-corrected chi connectivity index (χ2v) is 6.01. The van der Waals surface area contributed by atoms with Gasteiger partial charge in [0.05, 0.1) is 12.6 Å². The summed E-state index contributed by atoms with van der Waals surface area (Å²) in [7, 11) is 0. The molecule has 0 aliphatic heterocycles. The zero-order chi connectivity index (χ0) is 16.9. The molecule has 0 fully saturated rings. The van der Waals surface area contributed by atoms with Gasteiger partial charge in [0.1, 0.15) is 0 Å². The molecule has 1 unspecified atom stereocenters. The Bertz CT molecular complexity index is 790. The molecule has 122 valence electrons. The lowest BCUT2D eigenvalue weighted by atomic mass is 10.1. The highest BCUT2D eigenvalue weighted by molar-refractivity contribution is 5.94. The lowest BCUT2D eigenvalue weighted by Crippen LogP contribution is -2.26. The van der Waals surface area contributed by atoms with Crippen LogP contribution in [0.5, 0.6) is 0 Å². The summed E-state index contributed by atoms with van der Waals surface area (Å²) in [6.45, 7) is 4.75. The number of hydrogen-bond acceptors (Lipinski definition) is 2. The van der Waals surface area contributed by atoms with Crippen molar-refractivity contribution < 1.29 is 4.79 Å². The van der Waals surface area contributed by atoms with E-state index in [1.807, 2.05) is 60.3 Å². The minimum atomic E-state index is -0.0614. The van der Waals surface area contributed by atoms with Crippen molar-refractivity contribution in [2.75, 3.05) is 0 Å². The summed E-state index contributed by atoms with van der Waals surface area (Å²) in [5.74, 6) is -0.0614. The van der Waals surface area contributed by atoms with Crippen molar-refractivity contribution in [2.45, 2.75) is 26.4 Å². The number of hydrogen-bond donors (Lipinski definition) is 1. The molecule has 0 spiro atoms. The van der Waals surface area contributed by atoms with Crippen LogP contribution in [-0.2, 0) is 6.54 Å². The number of carbonyl (C=O) groups is 1. The van der Waals surface area contributed by atoms with Gasteiger partial charge in [0.15, 0.2) is 0 Å². The molecule has 24 heavy (non-hydrogen) atoms. The van der Waals surface area contributed by atoms with Gasteiger partial charge in [-0.1, -0.05) is 42.0 Å². The van der Waals surface area contributed by atoms with Crippen LogP contribution in [0.2, 0.25) is 0 Å². The van der Waals surface area contributed by atoms with Gasteiger partial charge >= 0.3 is 0 Å². The van der Waals surface area contributed by atoms with Gasteiger partial charge in [-0.25, -0.2) is 0 Å². The molecule has 3 rings (SSSR count). The number of amides is 1. The molecule has 1 aromatic heterocycles. The maximum absolute atomic E-state index is 12.4. The van der Waals surface area contributed by atoms with Crippen molar-refractivity contribution in [3.63, 3.8) is 0 Å². The third-order valence-electron chi connectivity index (χ3n) is 4.04. The lowest BCUT2D eigenvalue weighted by Gasteiger charge is -2.15. The van der Waals surface area contributed by atoms with Crippen LogP contribution in [0.1, 0.15) is 40.0 Å². The van der Waals surface area contributed by atoms with Crippen molar-refractivity contribution in [2.24, 2.45) is 0 Å². The largest absolute Gasteiger partial charge is 0.346 e. The molecule has 1 heterocycles. The Balaban J connectivity index is 1.63. The van der Waals surface area contributed by atoms with E-state index in [1.165, 1.54) is 5.56 Å². The summed E-state index contributed by atoms with van der Waals surface area (Å²) in [5.41, 5.74) is 4.09. The van der Waals surface area contributed by atoms with Gasteiger partial charge in [-0.3, -0.25) is 9.48 Å². The maximum Gasteiger partial charge on any atom is 0.251 e. The highest BCUT2D eigenvalue weighted by Crippen LogP contribution is 2.14. The molecule has 0 aliphatic carbocycles. The molecular formula is C20H21N3O. The minimum absolute atomic E-state index is 0.0261. The third-order valence-corrected chi connectivity index (χ3v) is 4.04. The van der Waals surface area contributed by atoms with Crippen LogP contribution in [0.15, 0.2) is 67.0 Å². The Kier molecular flexibility index (Phi) is 4.75. The first-order valence-corrected chi connectivity index (χ1v) is 8.05. The molecule has 4 nitrogen and oxygen atoms in total. The highest BCUT2D eigenvalue weighted by atomic mass is 16.1. The lowest BCUT2D eigenvalue weighted by molar-refractivity contribution is 0.0940. The van der Waals surface area contributed by atoms with Gasteiger partial charge in [-0.15, -0.1) is 0 Å². The number of nitrogens with one attached hydrogen (secondary N) is 1. The molecule has 3 aromatic rings. The maximum atomic E-state index is 12.4. The average Bonchev–Trinajstić information content (AvgIpc) is 3.09. The number of rotatable bonds is 5. The van der Waals surface area contributed by atoms with E-state index in [-0.39, 0.29) is 11.9 Å².